The van der Waals surface area contributed by atoms with Crippen LogP contribution in [0.4, 0.5) is 5.69 Å². The molecule has 2 aromatic rings. The molecule has 0 fully saturated rings. The number of carbonyl (C=O) groups excluding carboxylic acids is 2. The maximum atomic E-state index is 12.3. The fourth-order valence-electron chi connectivity index (χ4n) is 2.67. The summed E-state index contributed by atoms with van der Waals surface area (Å²) in [5.41, 5.74) is 4.75. The van der Waals surface area contributed by atoms with Crippen LogP contribution in [-0.2, 0) is 18.3 Å². The zero-order valence-electron chi connectivity index (χ0n) is 13.7. The molecular formula is C17H21N3O2. The monoisotopic (exact) mass is 299 g/mol. The molecule has 0 saturated carbocycles. The van der Waals surface area contributed by atoms with Gasteiger partial charge >= 0.3 is 0 Å². The van der Waals surface area contributed by atoms with Crippen LogP contribution in [0.3, 0.4) is 0 Å². The average Bonchev–Trinajstić information content (AvgIpc) is 2.65. The lowest BCUT2D eigenvalue weighted by atomic mass is 10.0. The van der Waals surface area contributed by atoms with Gasteiger partial charge in [0.05, 0.1) is 17.8 Å². The quantitative estimate of drug-likeness (QED) is 0.883. The molecule has 0 aliphatic heterocycles. The van der Waals surface area contributed by atoms with Crippen LogP contribution in [0, 0.1) is 20.8 Å². The van der Waals surface area contributed by atoms with E-state index in [9.17, 15) is 9.59 Å². The van der Waals surface area contributed by atoms with E-state index in [1.54, 1.807) is 10.7 Å². The molecule has 116 valence electrons. The second-order valence-electron chi connectivity index (χ2n) is 5.55. The Hall–Kier alpha value is -2.43. The molecule has 0 spiro atoms. The first kappa shape index (κ1) is 15.9. The highest BCUT2D eigenvalue weighted by Crippen LogP contribution is 2.21. The molecule has 0 atom stereocenters. The lowest BCUT2D eigenvalue weighted by molar-refractivity contribution is -0.115. The molecule has 22 heavy (non-hydrogen) atoms. The first-order chi connectivity index (χ1) is 10.3. The van der Waals surface area contributed by atoms with Gasteiger partial charge in [-0.15, -0.1) is 0 Å². The standard InChI is InChI=1S/C17H21N3O2/c1-10-7-6-8-15(17(10)13(4)21)18-16(22)9-14-11(2)19-20(5)12(14)3/h6-8H,9H2,1-5H3,(H,18,22). The highest BCUT2D eigenvalue weighted by Gasteiger charge is 2.16. The number of rotatable bonds is 4. The molecule has 2 rings (SSSR count). The Morgan fingerprint density at radius 3 is 2.45 bits per heavy atom. The number of aromatic nitrogens is 2. The van der Waals surface area contributed by atoms with E-state index in [1.165, 1.54) is 6.92 Å². The number of anilines is 1. The third kappa shape index (κ3) is 3.08. The molecule has 0 aliphatic carbocycles. The summed E-state index contributed by atoms with van der Waals surface area (Å²) < 4.78 is 1.77. The highest BCUT2D eigenvalue weighted by molar-refractivity contribution is 6.05. The van der Waals surface area contributed by atoms with Gasteiger partial charge in [-0.3, -0.25) is 14.3 Å². The Kier molecular flexibility index (Phi) is 4.45. The number of amides is 1. The zero-order valence-corrected chi connectivity index (χ0v) is 13.7. The van der Waals surface area contributed by atoms with Crippen LogP contribution in [0.1, 0.15) is 39.8 Å². The molecule has 1 aromatic heterocycles. The molecule has 1 N–H and O–H groups in total. The lowest BCUT2D eigenvalue weighted by Gasteiger charge is -2.11. The highest BCUT2D eigenvalue weighted by atomic mass is 16.1. The van der Waals surface area contributed by atoms with Crippen LogP contribution in [0.25, 0.3) is 0 Å². The van der Waals surface area contributed by atoms with Gasteiger partial charge in [0, 0.05) is 23.9 Å². The molecule has 0 bridgehead atoms. The number of ketones is 1. The average molecular weight is 299 g/mol. The van der Waals surface area contributed by atoms with Crippen molar-refractivity contribution in [3.05, 3.63) is 46.3 Å². The Morgan fingerprint density at radius 1 is 1.23 bits per heavy atom. The van der Waals surface area contributed by atoms with Gasteiger partial charge in [0.2, 0.25) is 5.91 Å². The van der Waals surface area contributed by atoms with Crippen molar-refractivity contribution in [2.75, 3.05) is 5.32 Å². The maximum Gasteiger partial charge on any atom is 0.228 e. The largest absolute Gasteiger partial charge is 0.325 e. The number of nitrogens with zero attached hydrogens (tertiary/aromatic N) is 2. The van der Waals surface area contributed by atoms with Crippen LogP contribution < -0.4 is 5.32 Å². The number of hydrogen-bond donors (Lipinski definition) is 1. The first-order valence-electron chi connectivity index (χ1n) is 7.20. The van der Waals surface area contributed by atoms with E-state index >= 15 is 0 Å². The number of carbonyl (C=O) groups is 2. The van der Waals surface area contributed by atoms with Gasteiger partial charge < -0.3 is 5.32 Å². The van der Waals surface area contributed by atoms with Crippen molar-refractivity contribution in [2.45, 2.75) is 34.1 Å². The van der Waals surface area contributed by atoms with Crippen molar-refractivity contribution in [1.82, 2.24) is 9.78 Å². The molecule has 0 aliphatic rings. The van der Waals surface area contributed by atoms with Gasteiger partial charge in [-0.05, 0) is 39.3 Å². The van der Waals surface area contributed by atoms with Crippen LogP contribution in [-0.4, -0.2) is 21.5 Å². The molecular weight excluding hydrogens is 278 g/mol. The number of benzene rings is 1. The van der Waals surface area contributed by atoms with Crippen molar-refractivity contribution >= 4 is 17.4 Å². The van der Waals surface area contributed by atoms with Crippen LogP contribution >= 0.6 is 0 Å². The van der Waals surface area contributed by atoms with Crippen molar-refractivity contribution in [3.8, 4) is 0 Å². The van der Waals surface area contributed by atoms with Crippen LogP contribution in [0.2, 0.25) is 0 Å². The van der Waals surface area contributed by atoms with Crippen molar-refractivity contribution in [3.63, 3.8) is 0 Å². The molecule has 1 amide bonds. The molecule has 5 heteroatoms. The molecule has 0 saturated heterocycles. The normalized spacial score (nSPS) is 10.6. The van der Waals surface area contributed by atoms with E-state index < -0.39 is 0 Å². The first-order valence-corrected chi connectivity index (χ1v) is 7.20. The fourth-order valence-corrected chi connectivity index (χ4v) is 2.67. The number of aryl methyl sites for hydroxylation is 3. The Morgan fingerprint density at radius 2 is 1.91 bits per heavy atom. The zero-order chi connectivity index (χ0) is 16.4. The van der Waals surface area contributed by atoms with Gasteiger partial charge in [0.1, 0.15) is 0 Å². The van der Waals surface area contributed by atoms with E-state index in [0.29, 0.717) is 11.3 Å². The predicted octanol–water partition coefficient (Wildman–Crippen LogP) is 2.73. The summed E-state index contributed by atoms with van der Waals surface area (Å²) in [5.74, 6) is -0.200. The van der Waals surface area contributed by atoms with Crippen molar-refractivity contribution in [2.24, 2.45) is 7.05 Å². The van der Waals surface area contributed by atoms with E-state index in [-0.39, 0.29) is 18.1 Å². The Labute approximate surface area is 130 Å². The molecule has 5 nitrogen and oxygen atoms in total. The van der Waals surface area contributed by atoms with Crippen molar-refractivity contribution < 1.29 is 9.59 Å². The summed E-state index contributed by atoms with van der Waals surface area (Å²) in [7, 11) is 1.86. The second-order valence-corrected chi connectivity index (χ2v) is 5.55. The van der Waals surface area contributed by atoms with Crippen LogP contribution in [0.15, 0.2) is 18.2 Å². The van der Waals surface area contributed by atoms with E-state index in [4.69, 9.17) is 0 Å². The minimum Gasteiger partial charge on any atom is -0.325 e. The molecule has 1 aromatic carbocycles. The lowest BCUT2D eigenvalue weighted by Crippen LogP contribution is -2.17. The third-order valence-corrected chi connectivity index (χ3v) is 3.90. The maximum absolute atomic E-state index is 12.3. The van der Waals surface area contributed by atoms with Crippen LogP contribution in [0.5, 0.6) is 0 Å². The minimum atomic E-state index is -0.146. The second kappa shape index (κ2) is 6.13. The van der Waals surface area contributed by atoms with Gasteiger partial charge in [0.25, 0.3) is 0 Å². The molecule has 0 radical (unpaired) electrons. The van der Waals surface area contributed by atoms with Crippen molar-refractivity contribution in [1.29, 1.82) is 0 Å². The van der Waals surface area contributed by atoms with Gasteiger partial charge in [-0.1, -0.05) is 12.1 Å². The summed E-state index contributed by atoms with van der Waals surface area (Å²) >= 11 is 0. The summed E-state index contributed by atoms with van der Waals surface area (Å²) in [5, 5.41) is 7.16. The SMILES string of the molecule is CC(=O)c1c(C)cccc1NC(=O)Cc1c(C)nn(C)c1C. The fraction of sp³-hybridized carbons (Fsp3) is 0.353. The summed E-state index contributed by atoms with van der Waals surface area (Å²) in [6.07, 6.45) is 0.247. The van der Waals surface area contributed by atoms with Gasteiger partial charge in [-0.25, -0.2) is 0 Å². The van der Waals surface area contributed by atoms with E-state index in [1.807, 2.05) is 40.0 Å². The minimum absolute atomic E-state index is 0.0536. The van der Waals surface area contributed by atoms with Gasteiger partial charge in [0.15, 0.2) is 5.78 Å². The third-order valence-electron chi connectivity index (χ3n) is 3.90. The number of Topliss-reactive ketones (excluding diaryl/α,β-unsaturated/α-hetero) is 1. The summed E-state index contributed by atoms with van der Waals surface area (Å²) in [4.78, 5) is 24.1. The Balaban J connectivity index is 2.23. The predicted molar refractivity (Wildman–Crippen MR) is 86.2 cm³/mol. The van der Waals surface area contributed by atoms with E-state index in [2.05, 4.69) is 10.4 Å². The summed E-state index contributed by atoms with van der Waals surface area (Å²) in [6, 6.07) is 5.45. The Bertz CT molecular complexity index is 745. The van der Waals surface area contributed by atoms with E-state index in [0.717, 1.165) is 22.5 Å². The number of nitrogens with one attached hydrogen (secondary N) is 1. The summed E-state index contributed by atoms with van der Waals surface area (Å²) in [6.45, 7) is 7.20. The smallest absolute Gasteiger partial charge is 0.228 e. The number of hydrogen-bond acceptors (Lipinski definition) is 3. The molecule has 0 unspecified atom stereocenters. The molecule has 1 heterocycles. The topological polar surface area (TPSA) is 64.0 Å². The van der Waals surface area contributed by atoms with Gasteiger partial charge in [-0.2, -0.15) is 5.10 Å².